The second-order valence-electron chi connectivity index (χ2n) is 4.28. The molecule has 1 N–H and O–H groups in total. The molecule has 0 heterocycles. The van der Waals surface area contributed by atoms with E-state index in [9.17, 15) is 4.79 Å². The molecule has 0 aliphatic heterocycles. The summed E-state index contributed by atoms with van der Waals surface area (Å²) in [5, 5.41) is 3.36. The number of benzene rings is 2. The minimum Gasteiger partial charge on any atom is -0.465 e. The lowest BCUT2D eigenvalue weighted by Gasteiger charge is -2.06. The monoisotopic (exact) mass is 291 g/mol. The van der Waals surface area contributed by atoms with Crippen LogP contribution in [-0.4, -0.2) is 13.1 Å². The first-order valence-electron chi connectivity index (χ1n) is 6.21. The van der Waals surface area contributed by atoms with Crippen LogP contribution >= 0.6 is 12.4 Å². The maximum atomic E-state index is 11.3. The molecule has 0 saturated carbocycles. The number of halogens is 1. The average Bonchev–Trinajstić information content (AvgIpc) is 2.48. The zero-order valence-electron chi connectivity index (χ0n) is 11.3. The van der Waals surface area contributed by atoms with Crippen LogP contribution in [0.5, 0.6) is 0 Å². The molecule has 0 aliphatic rings. The van der Waals surface area contributed by atoms with E-state index in [1.165, 1.54) is 12.7 Å². The molecule has 0 saturated heterocycles. The molecule has 0 bridgehead atoms. The van der Waals surface area contributed by atoms with Crippen molar-refractivity contribution in [3.05, 3.63) is 71.3 Å². The molecule has 2 aromatic rings. The van der Waals surface area contributed by atoms with Gasteiger partial charge in [-0.1, -0.05) is 42.5 Å². The summed E-state index contributed by atoms with van der Waals surface area (Å²) in [5.74, 6) is -0.302. The van der Waals surface area contributed by atoms with Gasteiger partial charge in [0.1, 0.15) is 0 Å². The van der Waals surface area contributed by atoms with Crippen LogP contribution in [0.15, 0.2) is 54.6 Å². The van der Waals surface area contributed by atoms with Gasteiger partial charge in [-0.25, -0.2) is 4.79 Å². The van der Waals surface area contributed by atoms with E-state index in [1.54, 1.807) is 12.1 Å². The van der Waals surface area contributed by atoms with Gasteiger partial charge < -0.3 is 10.1 Å². The van der Waals surface area contributed by atoms with Crippen molar-refractivity contribution in [1.82, 2.24) is 5.32 Å². The summed E-state index contributed by atoms with van der Waals surface area (Å²) in [7, 11) is 1.39. The van der Waals surface area contributed by atoms with Gasteiger partial charge in [-0.3, -0.25) is 0 Å². The molecule has 0 atom stereocenters. The van der Waals surface area contributed by atoms with Gasteiger partial charge in [-0.2, -0.15) is 0 Å². The number of rotatable bonds is 5. The zero-order chi connectivity index (χ0) is 13.5. The Morgan fingerprint density at radius 2 is 1.50 bits per heavy atom. The molecule has 4 heteroatoms. The molecule has 20 heavy (non-hydrogen) atoms. The number of hydrogen-bond acceptors (Lipinski definition) is 3. The molecule has 0 aromatic heterocycles. The highest BCUT2D eigenvalue weighted by molar-refractivity contribution is 5.89. The smallest absolute Gasteiger partial charge is 0.337 e. The summed E-state index contributed by atoms with van der Waals surface area (Å²) in [5.41, 5.74) is 2.98. The summed E-state index contributed by atoms with van der Waals surface area (Å²) in [6.45, 7) is 1.61. The van der Waals surface area contributed by atoms with Crippen molar-refractivity contribution in [1.29, 1.82) is 0 Å². The number of carbonyl (C=O) groups is 1. The van der Waals surface area contributed by atoms with Crippen molar-refractivity contribution >= 4 is 18.4 Å². The Kier molecular flexibility index (Phi) is 6.77. The summed E-state index contributed by atoms with van der Waals surface area (Å²) >= 11 is 0. The molecule has 0 radical (unpaired) electrons. The van der Waals surface area contributed by atoms with E-state index < -0.39 is 0 Å². The van der Waals surface area contributed by atoms with Crippen LogP contribution < -0.4 is 5.32 Å². The summed E-state index contributed by atoms with van der Waals surface area (Å²) < 4.78 is 4.66. The van der Waals surface area contributed by atoms with E-state index in [2.05, 4.69) is 22.2 Å². The minimum atomic E-state index is -0.302. The van der Waals surface area contributed by atoms with Gasteiger partial charge in [-0.15, -0.1) is 12.4 Å². The third kappa shape index (κ3) is 4.68. The number of ether oxygens (including phenoxy) is 1. The van der Waals surface area contributed by atoms with E-state index in [4.69, 9.17) is 0 Å². The molecule has 0 aliphatic carbocycles. The van der Waals surface area contributed by atoms with E-state index in [-0.39, 0.29) is 18.4 Å². The van der Waals surface area contributed by atoms with Crippen molar-refractivity contribution in [2.75, 3.05) is 7.11 Å². The maximum Gasteiger partial charge on any atom is 0.337 e. The van der Waals surface area contributed by atoms with Gasteiger partial charge in [-0.05, 0) is 23.3 Å². The predicted octanol–water partition coefficient (Wildman–Crippen LogP) is 3.18. The quantitative estimate of drug-likeness (QED) is 0.860. The SMILES string of the molecule is COC(=O)c1ccc(CNCc2ccccc2)cc1.Cl. The first kappa shape index (κ1) is 16.2. The van der Waals surface area contributed by atoms with Crippen LogP contribution in [-0.2, 0) is 17.8 Å². The first-order valence-corrected chi connectivity index (χ1v) is 6.21. The van der Waals surface area contributed by atoms with Crippen LogP contribution in [0.3, 0.4) is 0 Å². The first-order chi connectivity index (χ1) is 9.29. The van der Waals surface area contributed by atoms with Gasteiger partial charge in [0.25, 0.3) is 0 Å². The molecule has 106 valence electrons. The fourth-order valence-corrected chi connectivity index (χ4v) is 1.82. The van der Waals surface area contributed by atoms with Gasteiger partial charge >= 0.3 is 5.97 Å². The third-order valence-electron chi connectivity index (χ3n) is 2.88. The normalized spacial score (nSPS) is 9.65. The van der Waals surface area contributed by atoms with Crippen molar-refractivity contribution < 1.29 is 9.53 Å². The fourth-order valence-electron chi connectivity index (χ4n) is 1.82. The van der Waals surface area contributed by atoms with Gasteiger partial charge in [0, 0.05) is 13.1 Å². The lowest BCUT2D eigenvalue weighted by molar-refractivity contribution is 0.0600. The van der Waals surface area contributed by atoms with Crippen LogP contribution in [0.25, 0.3) is 0 Å². The van der Waals surface area contributed by atoms with Gasteiger partial charge in [0.05, 0.1) is 12.7 Å². The molecule has 0 unspecified atom stereocenters. The highest BCUT2D eigenvalue weighted by Gasteiger charge is 2.03. The highest BCUT2D eigenvalue weighted by Crippen LogP contribution is 2.06. The Balaban J connectivity index is 0.00000200. The third-order valence-corrected chi connectivity index (χ3v) is 2.88. The standard InChI is InChI=1S/C16H17NO2.ClH/c1-19-16(18)15-9-7-14(8-10-15)12-17-11-13-5-3-2-4-6-13;/h2-10,17H,11-12H2,1H3;1H. The van der Waals surface area contributed by atoms with Crippen LogP contribution in [0.1, 0.15) is 21.5 Å². The second kappa shape index (κ2) is 8.35. The molecular formula is C16H18ClNO2. The Labute approximate surface area is 125 Å². The lowest BCUT2D eigenvalue weighted by Crippen LogP contribution is -2.12. The van der Waals surface area contributed by atoms with Crippen LogP contribution in [0, 0.1) is 0 Å². The predicted molar refractivity (Wildman–Crippen MR) is 82.0 cm³/mol. The largest absolute Gasteiger partial charge is 0.465 e. The number of esters is 1. The molecule has 2 rings (SSSR count). The summed E-state index contributed by atoms with van der Waals surface area (Å²) in [4.78, 5) is 11.3. The Morgan fingerprint density at radius 3 is 2.05 bits per heavy atom. The molecule has 2 aromatic carbocycles. The van der Waals surface area contributed by atoms with Crippen LogP contribution in [0.2, 0.25) is 0 Å². The minimum absolute atomic E-state index is 0. The fraction of sp³-hybridized carbons (Fsp3) is 0.188. The molecule has 0 spiro atoms. The number of nitrogens with one attached hydrogen (secondary N) is 1. The molecule has 3 nitrogen and oxygen atoms in total. The number of methoxy groups -OCH3 is 1. The van der Waals surface area contributed by atoms with Crippen LogP contribution in [0.4, 0.5) is 0 Å². The van der Waals surface area contributed by atoms with E-state index in [1.807, 2.05) is 30.3 Å². The maximum absolute atomic E-state index is 11.3. The Hall–Kier alpha value is -1.84. The van der Waals surface area contributed by atoms with Gasteiger partial charge in [0.15, 0.2) is 0 Å². The second-order valence-corrected chi connectivity index (χ2v) is 4.28. The van der Waals surface area contributed by atoms with Crippen molar-refractivity contribution in [2.24, 2.45) is 0 Å². The number of hydrogen-bond donors (Lipinski definition) is 1. The summed E-state index contributed by atoms with van der Waals surface area (Å²) in [6.07, 6.45) is 0. The van der Waals surface area contributed by atoms with Crippen molar-refractivity contribution in [2.45, 2.75) is 13.1 Å². The van der Waals surface area contributed by atoms with Crippen molar-refractivity contribution in [3.8, 4) is 0 Å². The number of carbonyl (C=O) groups excluding carboxylic acids is 1. The highest BCUT2D eigenvalue weighted by atomic mass is 35.5. The van der Waals surface area contributed by atoms with Crippen molar-refractivity contribution in [3.63, 3.8) is 0 Å². The lowest BCUT2D eigenvalue weighted by atomic mass is 10.1. The topological polar surface area (TPSA) is 38.3 Å². The Bertz CT molecular complexity index is 526. The van der Waals surface area contributed by atoms with Gasteiger partial charge in [0.2, 0.25) is 0 Å². The van der Waals surface area contributed by atoms with E-state index in [0.29, 0.717) is 5.56 Å². The zero-order valence-corrected chi connectivity index (χ0v) is 12.2. The molecule has 0 fully saturated rings. The average molecular weight is 292 g/mol. The van der Waals surface area contributed by atoms with E-state index in [0.717, 1.165) is 18.7 Å². The molecular weight excluding hydrogens is 274 g/mol. The Morgan fingerprint density at radius 1 is 0.950 bits per heavy atom. The summed E-state index contributed by atoms with van der Waals surface area (Å²) in [6, 6.07) is 17.7. The van der Waals surface area contributed by atoms with E-state index >= 15 is 0 Å². The molecule has 0 amide bonds.